The smallest absolute Gasteiger partial charge is 0.166 e. The molecule has 1 saturated heterocycles. The summed E-state index contributed by atoms with van der Waals surface area (Å²) in [4.78, 5) is 0. The quantitative estimate of drug-likeness (QED) is 0.654. The molecule has 0 atom stereocenters. The van der Waals surface area contributed by atoms with Crippen LogP contribution in [0.15, 0.2) is 0 Å². The second-order valence-corrected chi connectivity index (χ2v) is 3.24. The van der Waals surface area contributed by atoms with E-state index in [2.05, 4.69) is 15.5 Å². The van der Waals surface area contributed by atoms with Crippen molar-refractivity contribution in [3.63, 3.8) is 0 Å². The Bertz CT molecular complexity index is 285. The average Bonchev–Trinajstić information content (AvgIpc) is 2.52. The third-order valence-corrected chi connectivity index (χ3v) is 2.26. The predicted molar refractivity (Wildman–Crippen MR) is 48.0 cm³/mol. The van der Waals surface area contributed by atoms with E-state index in [0.29, 0.717) is 38.1 Å². The maximum atomic E-state index is 5.69. The number of hydrogen-bond acceptors (Lipinski definition) is 5. The molecule has 0 aromatic carbocycles. The molecule has 0 spiro atoms. The number of ether oxygens (including phenoxy) is 2. The fourth-order valence-corrected chi connectivity index (χ4v) is 1.51. The van der Waals surface area contributed by atoms with Gasteiger partial charge in [0.1, 0.15) is 6.04 Å². The minimum Gasteiger partial charge on any atom is -0.377 e. The van der Waals surface area contributed by atoms with E-state index in [1.165, 1.54) is 0 Å². The Kier molecular flexibility index (Phi) is 3.28. The minimum atomic E-state index is 0.0289. The Labute approximate surface area is 86.1 Å². The first-order valence-electron chi connectivity index (χ1n) is 4.40. The van der Waals surface area contributed by atoms with Gasteiger partial charge < -0.3 is 9.47 Å². The predicted octanol–water partition coefficient (Wildman–Crippen LogP) is -0.000200. The third-order valence-electron chi connectivity index (χ3n) is 2.02. The number of aromatic nitrogens is 4. The number of halogens is 1. The normalized spacial score (nSPS) is 19.5. The van der Waals surface area contributed by atoms with Crippen molar-refractivity contribution < 1.29 is 9.47 Å². The van der Waals surface area contributed by atoms with Crippen molar-refractivity contribution in [2.24, 2.45) is 0 Å². The van der Waals surface area contributed by atoms with Crippen molar-refractivity contribution in [2.45, 2.75) is 11.9 Å². The second kappa shape index (κ2) is 4.68. The Morgan fingerprint density at radius 1 is 1.36 bits per heavy atom. The summed E-state index contributed by atoms with van der Waals surface area (Å²) < 4.78 is 12.4. The van der Waals surface area contributed by atoms with Gasteiger partial charge in [0.05, 0.1) is 32.3 Å². The zero-order valence-electron chi connectivity index (χ0n) is 7.60. The third kappa shape index (κ3) is 2.02. The molecule has 1 fully saturated rings. The van der Waals surface area contributed by atoms with Crippen LogP contribution in [0.4, 0.5) is 0 Å². The molecule has 0 bridgehead atoms. The Hall–Kier alpha value is -0.720. The fraction of sp³-hybridized carbons (Fsp3) is 0.857. The summed E-state index contributed by atoms with van der Waals surface area (Å²) in [5.41, 5.74) is 0. The van der Waals surface area contributed by atoms with Gasteiger partial charge in [-0.2, -0.15) is 0 Å². The summed E-state index contributed by atoms with van der Waals surface area (Å²) in [6.45, 7) is 2.37. The lowest BCUT2D eigenvalue weighted by Crippen LogP contribution is -2.21. The first kappa shape index (κ1) is 9.82. The molecule has 1 aromatic rings. The van der Waals surface area contributed by atoms with E-state index in [9.17, 15) is 0 Å². The van der Waals surface area contributed by atoms with Crippen LogP contribution in [0.1, 0.15) is 11.9 Å². The molecule has 0 amide bonds. The van der Waals surface area contributed by atoms with Gasteiger partial charge in [-0.25, -0.2) is 4.68 Å². The van der Waals surface area contributed by atoms with Gasteiger partial charge in [-0.3, -0.25) is 0 Å². The highest BCUT2D eigenvalue weighted by atomic mass is 35.5. The molecular formula is C7H11ClN4O2. The molecule has 0 radical (unpaired) electrons. The fourth-order valence-electron chi connectivity index (χ4n) is 1.33. The van der Waals surface area contributed by atoms with E-state index in [4.69, 9.17) is 21.1 Å². The summed E-state index contributed by atoms with van der Waals surface area (Å²) >= 11 is 5.69. The van der Waals surface area contributed by atoms with Crippen molar-refractivity contribution in [1.29, 1.82) is 0 Å². The largest absolute Gasteiger partial charge is 0.377 e. The molecule has 0 aliphatic carbocycles. The second-order valence-electron chi connectivity index (χ2n) is 2.98. The van der Waals surface area contributed by atoms with Crippen LogP contribution in [0, 0.1) is 0 Å². The SMILES string of the molecule is ClCc1nnnn1C1COCCOC1. The number of nitrogens with zero attached hydrogens (tertiary/aromatic N) is 4. The van der Waals surface area contributed by atoms with Crippen LogP contribution in [0.3, 0.4) is 0 Å². The van der Waals surface area contributed by atoms with Gasteiger partial charge in [0.25, 0.3) is 0 Å². The summed E-state index contributed by atoms with van der Waals surface area (Å²) in [6.07, 6.45) is 0. The van der Waals surface area contributed by atoms with E-state index in [1.54, 1.807) is 4.68 Å². The molecule has 0 N–H and O–H groups in total. The summed E-state index contributed by atoms with van der Waals surface area (Å²) in [5.74, 6) is 0.939. The van der Waals surface area contributed by atoms with Crippen LogP contribution < -0.4 is 0 Å². The zero-order valence-corrected chi connectivity index (χ0v) is 8.35. The number of hydrogen-bond donors (Lipinski definition) is 0. The molecule has 0 unspecified atom stereocenters. The number of rotatable bonds is 2. The van der Waals surface area contributed by atoms with Gasteiger partial charge in [-0.05, 0) is 10.4 Å². The van der Waals surface area contributed by atoms with Crippen molar-refractivity contribution >= 4 is 11.6 Å². The molecule has 14 heavy (non-hydrogen) atoms. The van der Waals surface area contributed by atoms with E-state index in [0.717, 1.165) is 0 Å². The topological polar surface area (TPSA) is 62.1 Å². The monoisotopic (exact) mass is 218 g/mol. The highest BCUT2D eigenvalue weighted by Gasteiger charge is 2.19. The van der Waals surface area contributed by atoms with Crippen molar-refractivity contribution in [3.05, 3.63) is 5.82 Å². The lowest BCUT2D eigenvalue weighted by atomic mass is 10.3. The lowest BCUT2D eigenvalue weighted by Gasteiger charge is -2.13. The van der Waals surface area contributed by atoms with Crippen LogP contribution in [-0.4, -0.2) is 46.6 Å². The highest BCUT2D eigenvalue weighted by Crippen LogP contribution is 2.11. The molecule has 0 saturated carbocycles. The molecule has 2 heterocycles. The maximum Gasteiger partial charge on any atom is 0.166 e. The standard InChI is InChI=1S/C7H11ClN4O2/c8-3-7-9-10-11-12(7)6-4-13-1-2-14-5-6/h6H,1-5H2. The van der Waals surface area contributed by atoms with Gasteiger partial charge >= 0.3 is 0 Å². The van der Waals surface area contributed by atoms with E-state index >= 15 is 0 Å². The summed E-state index contributed by atoms with van der Waals surface area (Å²) in [6, 6.07) is 0.0289. The number of alkyl halides is 1. The first-order chi connectivity index (χ1) is 6.92. The molecule has 1 aromatic heterocycles. The molecule has 6 nitrogen and oxygen atoms in total. The highest BCUT2D eigenvalue weighted by molar-refractivity contribution is 6.16. The molecule has 1 aliphatic rings. The minimum absolute atomic E-state index is 0.0289. The van der Waals surface area contributed by atoms with Gasteiger partial charge in [-0.1, -0.05) is 0 Å². The Balaban J connectivity index is 2.11. The van der Waals surface area contributed by atoms with E-state index < -0.39 is 0 Å². The lowest BCUT2D eigenvalue weighted by molar-refractivity contribution is 0.103. The van der Waals surface area contributed by atoms with Crippen LogP contribution in [0.5, 0.6) is 0 Å². The average molecular weight is 219 g/mol. The van der Waals surface area contributed by atoms with Gasteiger partial charge in [-0.15, -0.1) is 16.7 Å². The molecule has 2 rings (SSSR count). The van der Waals surface area contributed by atoms with Crippen LogP contribution in [0.2, 0.25) is 0 Å². The van der Waals surface area contributed by atoms with Crippen molar-refractivity contribution in [3.8, 4) is 0 Å². The van der Waals surface area contributed by atoms with E-state index in [-0.39, 0.29) is 6.04 Å². The van der Waals surface area contributed by atoms with Crippen LogP contribution in [-0.2, 0) is 15.4 Å². The molecule has 1 aliphatic heterocycles. The summed E-state index contributed by atoms with van der Waals surface area (Å²) in [7, 11) is 0. The van der Waals surface area contributed by atoms with Crippen LogP contribution in [0.25, 0.3) is 0 Å². The Morgan fingerprint density at radius 2 is 2.07 bits per heavy atom. The number of tetrazole rings is 1. The van der Waals surface area contributed by atoms with Gasteiger partial charge in [0, 0.05) is 0 Å². The van der Waals surface area contributed by atoms with Crippen LogP contribution >= 0.6 is 11.6 Å². The maximum absolute atomic E-state index is 5.69. The molecule has 78 valence electrons. The van der Waals surface area contributed by atoms with Crippen molar-refractivity contribution in [1.82, 2.24) is 20.2 Å². The van der Waals surface area contributed by atoms with Crippen molar-refractivity contribution in [2.75, 3.05) is 26.4 Å². The van der Waals surface area contributed by atoms with Gasteiger partial charge in [0.2, 0.25) is 0 Å². The molecular weight excluding hydrogens is 208 g/mol. The summed E-state index contributed by atoms with van der Waals surface area (Å²) in [5, 5.41) is 11.2. The Morgan fingerprint density at radius 3 is 2.71 bits per heavy atom. The molecule has 7 heteroatoms. The zero-order chi connectivity index (χ0) is 9.80. The van der Waals surface area contributed by atoms with Gasteiger partial charge in [0.15, 0.2) is 5.82 Å². The van der Waals surface area contributed by atoms with E-state index in [1.807, 2.05) is 0 Å². The first-order valence-corrected chi connectivity index (χ1v) is 4.93.